The molecule has 0 saturated heterocycles. The Morgan fingerprint density at radius 1 is 1.00 bits per heavy atom. The summed E-state index contributed by atoms with van der Waals surface area (Å²) < 4.78 is 27.6. The van der Waals surface area contributed by atoms with Crippen molar-refractivity contribution in [1.82, 2.24) is 9.97 Å². The third-order valence-electron chi connectivity index (χ3n) is 4.35. The number of hydrogen-bond acceptors (Lipinski definition) is 6. The number of thioether (sulfide) groups is 1. The number of aromatic nitrogens is 2. The summed E-state index contributed by atoms with van der Waals surface area (Å²) in [4.78, 5) is 20.7. The van der Waals surface area contributed by atoms with Crippen molar-refractivity contribution < 1.29 is 13.2 Å². The highest BCUT2D eigenvalue weighted by molar-refractivity contribution is 7.99. The molecule has 2 aromatic carbocycles. The number of aryl methyl sites for hydroxylation is 2. The molecule has 1 heterocycles. The molecule has 0 spiro atoms. The molecule has 2 N–H and O–H groups in total. The molecule has 0 saturated carbocycles. The fraction of sp³-hybridized carbons (Fsp3) is 0.227. The highest BCUT2D eigenvalue weighted by Gasteiger charge is 2.17. The van der Waals surface area contributed by atoms with Gasteiger partial charge in [-0.05, 0) is 56.7 Å². The van der Waals surface area contributed by atoms with Gasteiger partial charge in [0, 0.05) is 22.8 Å². The van der Waals surface area contributed by atoms with E-state index in [1.807, 2.05) is 37.3 Å². The van der Waals surface area contributed by atoms with E-state index in [9.17, 15) is 13.2 Å². The summed E-state index contributed by atoms with van der Waals surface area (Å²) in [5, 5.41) is 2.56. The van der Waals surface area contributed by atoms with E-state index < -0.39 is 10.0 Å². The number of amides is 1. The fourth-order valence-corrected chi connectivity index (χ4v) is 4.57. The van der Waals surface area contributed by atoms with Crippen molar-refractivity contribution in [3.63, 3.8) is 0 Å². The number of anilines is 2. The molecule has 0 aliphatic rings. The molecule has 1 aromatic heterocycles. The summed E-state index contributed by atoms with van der Waals surface area (Å²) in [6, 6.07) is 17.7. The van der Waals surface area contributed by atoms with E-state index in [1.54, 1.807) is 32.0 Å². The smallest absolute Gasteiger partial charge is 0.264 e. The Kier molecular flexibility index (Phi) is 7.29. The van der Waals surface area contributed by atoms with E-state index in [2.05, 4.69) is 20.0 Å². The van der Waals surface area contributed by atoms with Gasteiger partial charge in [0.05, 0.1) is 10.1 Å². The van der Waals surface area contributed by atoms with Gasteiger partial charge >= 0.3 is 0 Å². The highest BCUT2D eigenvalue weighted by atomic mass is 32.2. The zero-order valence-corrected chi connectivity index (χ0v) is 19.1. The summed E-state index contributed by atoms with van der Waals surface area (Å²) in [5.41, 5.74) is 3.02. The average Bonchev–Trinajstić information content (AvgIpc) is 2.72. The third kappa shape index (κ3) is 6.53. The van der Waals surface area contributed by atoms with Crippen LogP contribution in [0, 0.1) is 13.8 Å². The molecule has 3 rings (SSSR count). The van der Waals surface area contributed by atoms with Gasteiger partial charge < -0.3 is 5.32 Å². The van der Waals surface area contributed by atoms with Crippen molar-refractivity contribution in [1.29, 1.82) is 0 Å². The van der Waals surface area contributed by atoms with Gasteiger partial charge in [-0.1, -0.05) is 30.3 Å². The molecule has 0 aliphatic carbocycles. The molecule has 3 aromatic rings. The van der Waals surface area contributed by atoms with Crippen LogP contribution in [0.2, 0.25) is 0 Å². The van der Waals surface area contributed by atoms with Crippen molar-refractivity contribution in [3.05, 3.63) is 77.6 Å². The van der Waals surface area contributed by atoms with E-state index in [4.69, 9.17) is 0 Å². The van der Waals surface area contributed by atoms with Crippen LogP contribution < -0.4 is 10.0 Å². The Balaban J connectivity index is 1.60. The predicted octanol–water partition coefficient (Wildman–Crippen LogP) is 4.15. The Labute approximate surface area is 186 Å². The maximum absolute atomic E-state index is 12.6. The first-order valence-electron chi connectivity index (χ1n) is 9.64. The molecule has 1 atom stereocenters. The minimum Gasteiger partial charge on any atom is -0.325 e. The number of rotatable bonds is 8. The Hall–Kier alpha value is -2.91. The van der Waals surface area contributed by atoms with E-state index in [0.29, 0.717) is 17.1 Å². The molecule has 0 bridgehead atoms. The van der Waals surface area contributed by atoms with Crippen LogP contribution in [-0.2, 0) is 20.6 Å². The van der Waals surface area contributed by atoms with Crippen LogP contribution in [0.3, 0.4) is 0 Å². The van der Waals surface area contributed by atoms with Crippen molar-refractivity contribution in [2.75, 3.05) is 10.0 Å². The van der Waals surface area contributed by atoms with E-state index >= 15 is 0 Å². The number of carbonyl (C=O) groups is 1. The monoisotopic (exact) mass is 456 g/mol. The Bertz CT molecular complexity index is 1130. The second kappa shape index (κ2) is 9.93. The zero-order valence-electron chi connectivity index (χ0n) is 17.5. The lowest BCUT2D eigenvalue weighted by Gasteiger charge is -2.13. The third-order valence-corrected chi connectivity index (χ3v) is 6.91. The molecule has 1 amide bonds. The van der Waals surface area contributed by atoms with Gasteiger partial charge in [-0.2, -0.15) is 0 Å². The molecular weight excluding hydrogens is 432 g/mol. The van der Waals surface area contributed by atoms with Crippen LogP contribution >= 0.6 is 11.8 Å². The number of sulfonamides is 1. The van der Waals surface area contributed by atoms with Crippen molar-refractivity contribution in [3.8, 4) is 0 Å². The van der Waals surface area contributed by atoms with Crippen molar-refractivity contribution in [2.45, 2.75) is 36.7 Å². The van der Waals surface area contributed by atoms with Gasteiger partial charge in [0.15, 0.2) is 0 Å². The van der Waals surface area contributed by atoms with Gasteiger partial charge in [0.25, 0.3) is 10.0 Å². The topological polar surface area (TPSA) is 101 Å². The van der Waals surface area contributed by atoms with Crippen LogP contribution in [0.1, 0.15) is 23.9 Å². The van der Waals surface area contributed by atoms with E-state index in [0.717, 1.165) is 11.3 Å². The summed E-state index contributed by atoms with van der Waals surface area (Å²) in [6.07, 6.45) is 0. The molecule has 7 nitrogen and oxygen atoms in total. The minimum absolute atomic E-state index is 0.0270. The fourth-order valence-electron chi connectivity index (χ4n) is 2.78. The molecule has 9 heteroatoms. The molecule has 162 valence electrons. The predicted molar refractivity (Wildman–Crippen MR) is 125 cm³/mol. The lowest BCUT2D eigenvalue weighted by atomic mass is 10.2. The number of hydrogen-bond donors (Lipinski definition) is 2. The first kappa shape index (κ1) is 22.8. The summed E-state index contributed by atoms with van der Waals surface area (Å²) in [5.74, 6) is 0.621. The highest BCUT2D eigenvalue weighted by Crippen LogP contribution is 2.21. The van der Waals surface area contributed by atoms with Crippen LogP contribution in [0.15, 0.2) is 65.6 Å². The van der Waals surface area contributed by atoms with Crippen molar-refractivity contribution in [2.24, 2.45) is 0 Å². The van der Waals surface area contributed by atoms with E-state index in [1.165, 1.54) is 23.9 Å². The van der Waals surface area contributed by atoms with Gasteiger partial charge in [-0.25, -0.2) is 23.1 Å². The molecule has 0 radical (unpaired) electrons. The summed E-state index contributed by atoms with van der Waals surface area (Å²) >= 11 is 1.54. The van der Waals surface area contributed by atoms with Crippen LogP contribution in [0.25, 0.3) is 0 Å². The second-order valence-electron chi connectivity index (χ2n) is 7.03. The lowest BCUT2D eigenvalue weighted by Crippen LogP contribution is -2.22. The standard InChI is InChI=1S/C22H24N4O3S2/c1-15-13-16(2)24-22(23-15)26-31(28,29)20-11-9-19(10-12-20)25-21(27)17(3)30-14-18-7-5-4-6-8-18/h4-13,17H,14H2,1-3H3,(H,25,27)(H,23,24,26)/t17-/m0/s1. The molecular formula is C22H24N4O3S2. The van der Waals surface area contributed by atoms with Crippen LogP contribution in [0.4, 0.5) is 11.6 Å². The van der Waals surface area contributed by atoms with E-state index in [-0.39, 0.29) is 22.0 Å². The maximum Gasteiger partial charge on any atom is 0.264 e. The first-order chi connectivity index (χ1) is 14.7. The lowest BCUT2D eigenvalue weighted by molar-refractivity contribution is -0.115. The minimum atomic E-state index is -3.84. The van der Waals surface area contributed by atoms with Crippen molar-refractivity contribution >= 4 is 39.3 Å². The normalized spacial score (nSPS) is 12.2. The van der Waals surface area contributed by atoms with Crippen LogP contribution in [-0.4, -0.2) is 29.5 Å². The van der Waals surface area contributed by atoms with Crippen LogP contribution in [0.5, 0.6) is 0 Å². The largest absolute Gasteiger partial charge is 0.325 e. The number of benzene rings is 2. The number of nitrogens with one attached hydrogen (secondary N) is 2. The Morgan fingerprint density at radius 3 is 2.23 bits per heavy atom. The summed E-state index contributed by atoms with van der Waals surface area (Å²) in [7, 11) is -3.84. The first-order valence-corrected chi connectivity index (χ1v) is 12.2. The number of carbonyl (C=O) groups excluding carboxylic acids is 1. The van der Waals surface area contributed by atoms with Gasteiger partial charge in [-0.15, -0.1) is 11.8 Å². The van der Waals surface area contributed by atoms with Gasteiger partial charge in [0.2, 0.25) is 11.9 Å². The maximum atomic E-state index is 12.6. The quantitative estimate of drug-likeness (QED) is 0.528. The summed E-state index contributed by atoms with van der Waals surface area (Å²) in [6.45, 7) is 5.38. The van der Waals surface area contributed by atoms with Gasteiger partial charge in [0.1, 0.15) is 0 Å². The molecule has 31 heavy (non-hydrogen) atoms. The SMILES string of the molecule is Cc1cc(C)nc(NS(=O)(=O)c2ccc(NC(=O)[C@H](C)SCc3ccccc3)cc2)n1. The average molecular weight is 457 g/mol. The second-order valence-corrected chi connectivity index (χ2v) is 10.0. The molecule has 0 unspecified atom stereocenters. The van der Waals surface area contributed by atoms with Gasteiger partial charge in [-0.3, -0.25) is 4.79 Å². The zero-order chi connectivity index (χ0) is 22.4. The Morgan fingerprint density at radius 2 is 1.61 bits per heavy atom. The molecule has 0 aliphatic heterocycles. The molecule has 0 fully saturated rings. The number of nitrogens with zero attached hydrogens (tertiary/aromatic N) is 2.